The van der Waals surface area contributed by atoms with Crippen LogP contribution >= 0.6 is 0 Å². The van der Waals surface area contributed by atoms with Gasteiger partial charge in [0.1, 0.15) is 0 Å². The number of rotatable bonds is 1. The molecule has 2 aromatic rings. The highest BCUT2D eigenvalue weighted by atomic mass is 19.3. The van der Waals surface area contributed by atoms with Gasteiger partial charge in [0.25, 0.3) is 6.43 Å². The number of hydrogen-bond donors (Lipinski definition) is 1. The van der Waals surface area contributed by atoms with Crippen molar-refractivity contribution in [3.8, 4) is 0 Å². The molecule has 2 rings (SSSR count). The summed E-state index contributed by atoms with van der Waals surface area (Å²) in [5.74, 6) is -0.231. The molecule has 0 aliphatic rings. The highest BCUT2D eigenvalue weighted by molar-refractivity contribution is 5.79. The predicted molar refractivity (Wildman–Crippen MR) is 50.1 cm³/mol. The summed E-state index contributed by atoms with van der Waals surface area (Å²) in [4.78, 5) is 3.81. The van der Waals surface area contributed by atoms with Gasteiger partial charge in [-0.05, 0) is 18.2 Å². The third-order valence-electron chi connectivity index (χ3n) is 2.13. The van der Waals surface area contributed by atoms with Crippen LogP contribution in [0.4, 0.5) is 14.5 Å². The van der Waals surface area contributed by atoms with Crippen LogP contribution in [0, 0.1) is 0 Å². The van der Waals surface area contributed by atoms with Crippen molar-refractivity contribution >= 4 is 16.7 Å². The van der Waals surface area contributed by atoms with Crippen molar-refractivity contribution in [2.24, 2.45) is 7.05 Å². The minimum absolute atomic E-state index is 0.231. The van der Waals surface area contributed by atoms with Gasteiger partial charge in [0, 0.05) is 12.7 Å². The summed E-state index contributed by atoms with van der Waals surface area (Å²) in [7, 11) is 1.56. The highest BCUT2D eigenvalue weighted by Crippen LogP contribution is 2.23. The maximum absolute atomic E-state index is 12.5. The lowest BCUT2D eigenvalue weighted by atomic mass is 10.3. The van der Waals surface area contributed by atoms with Gasteiger partial charge < -0.3 is 10.3 Å². The molecule has 3 nitrogen and oxygen atoms in total. The first-order chi connectivity index (χ1) is 6.59. The second-order valence-corrected chi connectivity index (χ2v) is 3.08. The number of halogens is 2. The average molecular weight is 197 g/mol. The van der Waals surface area contributed by atoms with Gasteiger partial charge in [0.05, 0.1) is 11.0 Å². The summed E-state index contributed by atoms with van der Waals surface area (Å²) < 4.78 is 26.3. The molecule has 0 unspecified atom stereocenters. The van der Waals surface area contributed by atoms with Crippen LogP contribution in [0.25, 0.3) is 11.0 Å². The van der Waals surface area contributed by atoms with Gasteiger partial charge in [0.15, 0.2) is 5.82 Å². The van der Waals surface area contributed by atoms with Gasteiger partial charge in [-0.2, -0.15) is 0 Å². The first-order valence-electron chi connectivity index (χ1n) is 4.09. The molecule has 0 saturated carbocycles. The molecular weight excluding hydrogens is 188 g/mol. The summed E-state index contributed by atoms with van der Waals surface area (Å²) in [6, 6.07) is 4.93. The van der Waals surface area contributed by atoms with Crippen molar-refractivity contribution in [1.29, 1.82) is 0 Å². The van der Waals surface area contributed by atoms with Crippen LogP contribution in [-0.4, -0.2) is 9.55 Å². The maximum atomic E-state index is 12.5. The molecule has 0 spiro atoms. The van der Waals surface area contributed by atoms with Crippen LogP contribution in [-0.2, 0) is 7.05 Å². The van der Waals surface area contributed by atoms with Crippen LogP contribution in [0.1, 0.15) is 12.2 Å². The number of hydrogen-bond acceptors (Lipinski definition) is 2. The fourth-order valence-corrected chi connectivity index (χ4v) is 1.43. The monoisotopic (exact) mass is 197 g/mol. The van der Waals surface area contributed by atoms with Crippen LogP contribution < -0.4 is 5.73 Å². The Balaban J connectivity index is 2.73. The number of benzene rings is 1. The number of aromatic nitrogens is 2. The second kappa shape index (κ2) is 2.94. The molecule has 14 heavy (non-hydrogen) atoms. The molecule has 0 aliphatic carbocycles. The predicted octanol–water partition coefficient (Wildman–Crippen LogP) is 2.09. The molecular formula is C9H9F2N3. The SMILES string of the molecule is Cn1c(C(F)F)nc2cc(N)ccc21. The van der Waals surface area contributed by atoms with Crippen LogP contribution in [0.3, 0.4) is 0 Å². The second-order valence-electron chi connectivity index (χ2n) is 3.08. The molecule has 0 fully saturated rings. The van der Waals surface area contributed by atoms with E-state index in [-0.39, 0.29) is 5.82 Å². The van der Waals surface area contributed by atoms with Crippen molar-refractivity contribution in [1.82, 2.24) is 9.55 Å². The summed E-state index contributed by atoms with van der Waals surface area (Å²) in [6.45, 7) is 0. The molecule has 1 aromatic carbocycles. The molecule has 0 atom stereocenters. The van der Waals surface area contributed by atoms with E-state index in [0.717, 1.165) is 0 Å². The summed E-state index contributed by atoms with van der Waals surface area (Å²) in [5.41, 5.74) is 7.21. The van der Waals surface area contributed by atoms with Gasteiger partial charge in [0.2, 0.25) is 0 Å². The zero-order valence-electron chi connectivity index (χ0n) is 7.54. The topological polar surface area (TPSA) is 43.8 Å². The molecule has 1 aromatic heterocycles. The number of nitrogen functional groups attached to an aromatic ring is 1. The zero-order valence-corrected chi connectivity index (χ0v) is 7.54. The van der Waals surface area contributed by atoms with Crippen molar-refractivity contribution < 1.29 is 8.78 Å². The Kier molecular flexibility index (Phi) is 1.87. The molecule has 0 saturated heterocycles. The zero-order chi connectivity index (χ0) is 10.3. The Hall–Kier alpha value is -1.65. The third-order valence-corrected chi connectivity index (χ3v) is 2.13. The largest absolute Gasteiger partial charge is 0.399 e. The number of anilines is 1. The number of nitrogens with zero attached hydrogens (tertiary/aromatic N) is 2. The number of imidazole rings is 1. The van der Waals surface area contributed by atoms with Crippen LogP contribution in [0.2, 0.25) is 0 Å². The standard InChI is InChI=1S/C9H9F2N3/c1-14-7-3-2-5(12)4-6(7)13-9(14)8(10)11/h2-4,8H,12H2,1H3. The molecule has 5 heteroatoms. The Morgan fingerprint density at radius 1 is 1.43 bits per heavy atom. The normalized spacial score (nSPS) is 11.4. The van der Waals surface area contributed by atoms with E-state index in [0.29, 0.717) is 16.7 Å². The molecule has 0 aliphatic heterocycles. The van der Waals surface area contributed by atoms with Crippen LogP contribution in [0.15, 0.2) is 18.2 Å². The minimum atomic E-state index is -2.56. The molecule has 0 amide bonds. The Morgan fingerprint density at radius 2 is 2.14 bits per heavy atom. The molecule has 0 bridgehead atoms. The molecule has 2 N–H and O–H groups in total. The van der Waals surface area contributed by atoms with E-state index in [1.54, 1.807) is 25.2 Å². The lowest BCUT2D eigenvalue weighted by molar-refractivity contribution is 0.137. The number of fused-ring (bicyclic) bond motifs is 1. The van der Waals surface area contributed by atoms with Gasteiger partial charge in [-0.15, -0.1) is 0 Å². The summed E-state index contributed by atoms with van der Waals surface area (Å²) >= 11 is 0. The number of nitrogens with two attached hydrogens (primary N) is 1. The Labute approximate surface area is 79.2 Å². The fourth-order valence-electron chi connectivity index (χ4n) is 1.43. The van der Waals surface area contributed by atoms with Gasteiger partial charge in [-0.3, -0.25) is 0 Å². The van der Waals surface area contributed by atoms with Gasteiger partial charge in [-0.25, -0.2) is 13.8 Å². The third kappa shape index (κ3) is 1.21. The van der Waals surface area contributed by atoms with Gasteiger partial charge >= 0.3 is 0 Å². The Morgan fingerprint density at radius 3 is 2.79 bits per heavy atom. The quantitative estimate of drug-likeness (QED) is 0.711. The van der Waals surface area contributed by atoms with Crippen molar-refractivity contribution in [3.05, 3.63) is 24.0 Å². The van der Waals surface area contributed by atoms with Crippen molar-refractivity contribution in [2.75, 3.05) is 5.73 Å². The lowest BCUT2D eigenvalue weighted by Crippen LogP contribution is -1.97. The summed E-state index contributed by atoms with van der Waals surface area (Å²) in [5, 5.41) is 0. The van der Waals surface area contributed by atoms with Gasteiger partial charge in [-0.1, -0.05) is 0 Å². The van der Waals surface area contributed by atoms with E-state index in [1.165, 1.54) is 4.57 Å². The number of aryl methyl sites for hydroxylation is 1. The highest BCUT2D eigenvalue weighted by Gasteiger charge is 2.16. The smallest absolute Gasteiger partial charge is 0.295 e. The maximum Gasteiger partial charge on any atom is 0.295 e. The Bertz CT molecular complexity index is 476. The van der Waals surface area contributed by atoms with E-state index in [4.69, 9.17) is 5.73 Å². The van der Waals surface area contributed by atoms with Crippen LogP contribution in [0.5, 0.6) is 0 Å². The molecule has 74 valence electrons. The number of alkyl halides is 2. The molecule has 1 heterocycles. The van der Waals surface area contributed by atoms with E-state index >= 15 is 0 Å². The average Bonchev–Trinajstić information content (AvgIpc) is 2.43. The van der Waals surface area contributed by atoms with Crippen molar-refractivity contribution in [2.45, 2.75) is 6.43 Å². The first-order valence-corrected chi connectivity index (χ1v) is 4.09. The van der Waals surface area contributed by atoms with E-state index in [1.807, 2.05) is 0 Å². The van der Waals surface area contributed by atoms with E-state index in [9.17, 15) is 8.78 Å². The van der Waals surface area contributed by atoms with E-state index < -0.39 is 6.43 Å². The molecule has 0 radical (unpaired) electrons. The lowest BCUT2D eigenvalue weighted by Gasteiger charge is -1.99. The fraction of sp³-hybridized carbons (Fsp3) is 0.222. The summed E-state index contributed by atoms with van der Waals surface area (Å²) in [6.07, 6.45) is -2.56. The van der Waals surface area contributed by atoms with Crippen molar-refractivity contribution in [3.63, 3.8) is 0 Å². The first kappa shape index (κ1) is 8.93. The minimum Gasteiger partial charge on any atom is -0.399 e. The van der Waals surface area contributed by atoms with E-state index in [2.05, 4.69) is 4.98 Å².